The summed E-state index contributed by atoms with van der Waals surface area (Å²) in [4.78, 5) is 17.6. The van der Waals surface area contributed by atoms with Gasteiger partial charge in [0.15, 0.2) is 0 Å². The maximum atomic E-state index is 11.4. The Morgan fingerprint density at radius 3 is 2.80 bits per heavy atom. The van der Waals surface area contributed by atoms with Crippen molar-refractivity contribution < 1.29 is 9.90 Å². The first-order valence-corrected chi connectivity index (χ1v) is 6.07. The zero-order valence-electron chi connectivity index (χ0n) is 11.1. The van der Waals surface area contributed by atoms with E-state index in [0.717, 1.165) is 11.4 Å². The molecular weight excluding hydrogens is 256 g/mol. The van der Waals surface area contributed by atoms with Gasteiger partial charge in [-0.05, 0) is 24.3 Å². The van der Waals surface area contributed by atoms with E-state index in [4.69, 9.17) is 5.84 Å². The number of carbonyl (C=O) groups is 1. The van der Waals surface area contributed by atoms with E-state index in [1.54, 1.807) is 30.3 Å². The van der Waals surface area contributed by atoms with E-state index in [-0.39, 0.29) is 11.4 Å². The topological polar surface area (TPSA) is 91.5 Å². The Hall–Kier alpha value is -2.60. The first-order chi connectivity index (χ1) is 9.60. The molecule has 0 spiro atoms. The molecule has 20 heavy (non-hydrogen) atoms. The summed E-state index contributed by atoms with van der Waals surface area (Å²) in [7, 11) is 1.88. The first-order valence-electron chi connectivity index (χ1n) is 6.07. The van der Waals surface area contributed by atoms with E-state index in [2.05, 4.69) is 10.4 Å². The third-order valence-electron chi connectivity index (χ3n) is 2.84. The molecule has 6 nitrogen and oxygen atoms in total. The Morgan fingerprint density at radius 2 is 2.10 bits per heavy atom. The number of aromatic hydroxyl groups is 1. The van der Waals surface area contributed by atoms with Gasteiger partial charge >= 0.3 is 0 Å². The van der Waals surface area contributed by atoms with E-state index in [1.165, 1.54) is 0 Å². The number of hydrogen-bond donors (Lipinski definition) is 3. The minimum atomic E-state index is -0.424. The van der Waals surface area contributed by atoms with Gasteiger partial charge in [-0.1, -0.05) is 12.1 Å². The van der Waals surface area contributed by atoms with Crippen LogP contribution in [0.4, 0.5) is 5.69 Å². The molecule has 0 bridgehead atoms. The van der Waals surface area contributed by atoms with Gasteiger partial charge in [0, 0.05) is 18.8 Å². The first kappa shape index (κ1) is 13.8. The zero-order valence-corrected chi connectivity index (χ0v) is 11.1. The number of hydrogen-bond acceptors (Lipinski definition) is 5. The molecule has 2 aromatic rings. The highest BCUT2D eigenvalue weighted by molar-refractivity contribution is 5.91. The standard InChI is InChI=1S/C14H16N4O2/c1-18(11-5-3-6-12(19)8-11)9-10-4-2-7-13(16-10)14(20)17-15/h2-8,19H,9,15H2,1H3,(H,17,20). The van der Waals surface area contributed by atoms with Gasteiger partial charge < -0.3 is 10.0 Å². The number of anilines is 1. The summed E-state index contributed by atoms with van der Waals surface area (Å²) in [6.45, 7) is 0.509. The largest absolute Gasteiger partial charge is 0.508 e. The number of pyridine rings is 1. The van der Waals surface area contributed by atoms with Crippen LogP contribution >= 0.6 is 0 Å². The predicted octanol–water partition coefficient (Wildman–Crippen LogP) is 1.03. The molecule has 6 heteroatoms. The minimum Gasteiger partial charge on any atom is -0.508 e. The molecule has 0 saturated carbocycles. The lowest BCUT2D eigenvalue weighted by Gasteiger charge is -2.19. The van der Waals surface area contributed by atoms with Gasteiger partial charge in [-0.15, -0.1) is 0 Å². The lowest BCUT2D eigenvalue weighted by Crippen LogP contribution is -2.31. The number of amides is 1. The number of rotatable bonds is 4. The molecule has 1 amide bonds. The van der Waals surface area contributed by atoms with Gasteiger partial charge in [-0.3, -0.25) is 10.2 Å². The molecule has 104 valence electrons. The number of carbonyl (C=O) groups excluding carboxylic acids is 1. The molecule has 4 N–H and O–H groups in total. The van der Waals surface area contributed by atoms with Crippen LogP contribution in [0.1, 0.15) is 16.2 Å². The van der Waals surface area contributed by atoms with Gasteiger partial charge in [0.2, 0.25) is 0 Å². The van der Waals surface area contributed by atoms with Crippen LogP contribution in [0.15, 0.2) is 42.5 Å². The third-order valence-corrected chi connectivity index (χ3v) is 2.84. The highest BCUT2D eigenvalue weighted by Crippen LogP contribution is 2.20. The van der Waals surface area contributed by atoms with Crippen molar-refractivity contribution in [3.8, 4) is 5.75 Å². The number of nitrogens with zero attached hydrogens (tertiary/aromatic N) is 2. The average molecular weight is 272 g/mol. The zero-order chi connectivity index (χ0) is 14.5. The highest BCUT2D eigenvalue weighted by Gasteiger charge is 2.08. The second kappa shape index (κ2) is 6.03. The summed E-state index contributed by atoms with van der Waals surface area (Å²) in [5.41, 5.74) is 3.92. The van der Waals surface area contributed by atoms with Gasteiger partial charge in [-0.25, -0.2) is 10.8 Å². The van der Waals surface area contributed by atoms with E-state index < -0.39 is 5.91 Å². The fraction of sp³-hybridized carbons (Fsp3) is 0.143. The Labute approximate surface area is 116 Å². The van der Waals surface area contributed by atoms with E-state index in [1.807, 2.05) is 24.1 Å². The summed E-state index contributed by atoms with van der Waals surface area (Å²) >= 11 is 0. The summed E-state index contributed by atoms with van der Waals surface area (Å²) in [6.07, 6.45) is 0. The van der Waals surface area contributed by atoms with Crippen molar-refractivity contribution in [1.82, 2.24) is 10.4 Å². The predicted molar refractivity (Wildman–Crippen MR) is 76.1 cm³/mol. The Bertz CT molecular complexity index is 616. The summed E-state index contributed by atoms with van der Waals surface area (Å²) in [5, 5.41) is 9.47. The molecule has 1 aromatic heterocycles. The van der Waals surface area contributed by atoms with Crippen molar-refractivity contribution in [3.63, 3.8) is 0 Å². The van der Waals surface area contributed by atoms with E-state index >= 15 is 0 Å². The summed E-state index contributed by atoms with van der Waals surface area (Å²) in [6, 6.07) is 12.1. The van der Waals surface area contributed by atoms with Crippen LogP contribution in [0.2, 0.25) is 0 Å². The molecule has 0 radical (unpaired) electrons. The molecule has 0 aliphatic carbocycles. The normalized spacial score (nSPS) is 10.1. The van der Waals surface area contributed by atoms with Crippen molar-refractivity contribution >= 4 is 11.6 Å². The number of nitrogen functional groups attached to an aromatic ring is 1. The van der Waals surface area contributed by atoms with Gasteiger partial charge in [0.1, 0.15) is 11.4 Å². The molecule has 0 unspecified atom stereocenters. The van der Waals surface area contributed by atoms with Crippen molar-refractivity contribution in [2.45, 2.75) is 6.54 Å². The van der Waals surface area contributed by atoms with Crippen LogP contribution in [-0.2, 0) is 6.54 Å². The molecule has 0 saturated heterocycles. The molecule has 0 fully saturated rings. The average Bonchev–Trinajstić information content (AvgIpc) is 2.46. The highest BCUT2D eigenvalue weighted by atomic mass is 16.3. The molecule has 1 aromatic carbocycles. The van der Waals surface area contributed by atoms with Crippen LogP contribution in [0.3, 0.4) is 0 Å². The molecule has 2 rings (SSSR count). The number of benzene rings is 1. The number of hydrazine groups is 1. The van der Waals surface area contributed by atoms with E-state index in [9.17, 15) is 9.90 Å². The van der Waals surface area contributed by atoms with Crippen molar-refractivity contribution in [1.29, 1.82) is 0 Å². The SMILES string of the molecule is CN(Cc1cccc(C(=O)NN)n1)c1cccc(O)c1. The second-order valence-corrected chi connectivity index (χ2v) is 4.36. The van der Waals surface area contributed by atoms with Crippen molar-refractivity contribution in [3.05, 3.63) is 53.9 Å². The molecule has 0 aliphatic rings. The quantitative estimate of drug-likeness (QED) is 0.439. The Kier molecular flexibility index (Phi) is 4.17. The minimum absolute atomic E-state index is 0.207. The number of phenolic OH excluding ortho intramolecular Hbond substituents is 1. The summed E-state index contributed by atoms with van der Waals surface area (Å²) in [5.74, 6) is 4.87. The molecule has 1 heterocycles. The number of nitrogens with two attached hydrogens (primary N) is 1. The van der Waals surface area contributed by atoms with Crippen molar-refractivity contribution in [2.75, 3.05) is 11.9 Å². The molecule has 0 atom stereocenters. The van der Waals surface area contributed by atoms with Crippen LogP contribution in [-0.4, -0.2) is 23.0 Å². The fourth-order valence-corrected chi connectivity index (χ4v) is 1.83. The number of phenols is 1. The lowest BCUT2D eigenvalue weighted by molar-refractivity contribution is 0.0948. The summed E-state index contributed by atoms with van der Waals surface area (Å²) < 4.78 is 0. The number of nitrogens with one attached hydrogen (secondary N) is 1. The lowest BCUT2D eigenvalue weighted by atomic mass is 10.2. The van der Waals surface area contributed by atoms with Crippen LogP contribution in [0, 0.1) is 0 Å². The van der Waals surface area contributed by atoms with Crippen LogP contribution in [0.25, 0.3) is 0 Å². The Balaban J connectivity index is 2.15. The van der Waals surface area contributed by atoms with Gasteiger partial charge in [-0.2, -0.15) is 0 Å². The van der Waals surface area contributed by atoms with Gasteiger partial charge in [0.25, 0.3) is 5.91 Å². The third kappa shape index (κ3) is 3.24. The smallest absolute Gasteiger partial charge is 0.283 e. The fourth-order valence-electron chi connectivity index (χ4n) is 1.83. The molecule has 0 aliphatic heterocycles. The number of aromatic nitrogens is 1. The van der Waals surface area contributed by atoms with E-state index in [0.29, 0.717) is 6.54 Å². The van der Waals surface area contributed by atoms with Gasteiger partial charge in [0.05, 0.1) is 12.2 Å². The van der Waals surface area contributed by atoms with Crippen LogP contribution < -0.4 is 16.2 Å². The van der Waals surface area contributed by atoms with Crippen LogP contribution in [0.5, 0.6) is 5.75 Å². The maximum absolute atomic E-state index is 11.4. The maximum Gasteiger partial charge on any atom is 0.283 e. The Morgan fingerprint density at radius 1 is 1.35 bits per heavy atom. The molecular formula is C14H16N4O2. The van der Waals surface area contributed by atoms with Crippen molar-refractivity contribution in [2.24, 2.45) is 5.84 Å². The monoisotopic (exact) mass is 272 g/mol. The second-order valence-electron chi connectivity index (χ2n) is 4.36.